The number of piperazine rings is 1. The smallest absolute Gasteiger partial charge is 0.410 e. The van der Waals surface area contributed by atoms with Crippen molar-refractivity contribution in [3.05, 3.63) is 35.9 Å². The number of ether oxygens (including phenoxy) is 1. The Hall–Kier alpha value is -2.83. The molecule has 2 aliphatic heterocycles. The van der Waals surface area contributed by atoms with Gasteiger partial charge in [-0.25, -0.2) is 9.78 Å². The molecule has 0 bridgehead atoms. The summed E-state index contributed by atoms with van der Waals surface area (Å²) in [6.45, 7) is 9.36. The molecule has 2 amide bonds. The van der Waals surface area contributed by atoms with Gasteiger partial charge in [0.05, 0.1) is 11.1 Å². The van der Waals surface area contributed by atoms with E-state index in [0.29, 0.717) is 31.7 Å². The highest BCUT2D eigenvalue weighted by Gasteiger charge is 2.30. The van der Waals surface area contributed by atoms with Crippen LogP contribution in [0.5, 0.6) is 0 Å². The fourth-order valence-corrected chi connectivity index (χ4v) is 4.02. The Kier molecular flexibility index (Phi) is 5.54. The normalized spacial score (nSPS) is 17.5. The lowest BCUT2D eigenvalue weighted by Gasteiger charge is -2.36. The molecular weight excluding hydrogens is 380 g/mol. The third-order valence-electron chi connectivity index (χ3n) is 5.56. The molecule has 2 aromatic rings. The van der Waals surface area contributed by atoms with Crippen molar-refractivity contribution in [3.8, 4) is 0 Å². The Morgan fingerprint density at radius 3 is 2.23 bits per heavy atom. The largest absolute Gasteiger partial charge is 0.444 e. The first kappa shape index (κ1) is 20.4. The summed E-state index contributed by atoms with van der Waals surface area (Å²) in [5.41, 5.74) is 1.04. The first-order valence-electron chi connectivity index (χ1n) is 10.7. The number of benzene rings is 1. The van der Waals surface area contributed by atoms with E-state index in [9.17, 15) is 9.59 Å². The summed E-state index contributed by atoms with van der Waals surface area (Å²) in [4.78, 5) is 36.3. The molecule has 3 heterocycles. The topological polar surface area (TPSA) is 66.0 Å². The van der Waals surface area contributed by atoms with E-state index in [-0.39, 0.29) is 12.0 Å². The van der Waals surface area contributed by atoms with Crippen LogP contribution in [0.3, 0.4) is 0 Å². The molecule has 7 nitrogen and oxygen atoms in total. The van der Waals surface area contributed by atoms with Gasteiger partial charge in [-0.2, -0.15) is 0 Å². The number of rotatable bonds is 2. The summed E-state index contributed by atoms with van der Waals surface area (Å²) in [6, 6.07) is 9.89. The van der Waals surface area contributed by atoms with Gasteiger partial charge in [0.2, 0.25) is 0 Å². The molecule has 2 fully saturated rings. The van der Waals surface area contributed by atoms with Crippen molar-refractivity contribution in [2.75, 3.05) is 44.2 Å². The van der Waals surface area contributed by atoms with Crippen molar-refractivity contribution in [1.29, 1.82) is 0 Å². The number of nitrogens with zero attached hydrogens (tertiary/aromatic N) is 4. The van der Waals surface area contributed by atoms with E-state index in [4.69, 9.17) is 9.72 Å². The summed E-state index contributed by atoms with van der Waals surface area (Å²) < 4.78 is 5.46. The number of fused-ring (bicyclic) bond motifs is 1. The highest BCUT2D eigenvalue weighted by Crippen LogP contribution is 2.28. The van der Waals surface area contributed by atoms with Gasteiger partial charge in [0, 0.05) is 44.7 Å². The second-order valence-corrected chi connectivity index (χ2v) is 9.01. The van der Waals surface area contributed by atoms with Gasteiger partial charge >= 0.3 is 6.09 Å². The minimum Gasteiger partial charge on any atom is -0.444 e. The summed E-state index contributed by atoms with van der Waals surface area (Å²) in [6.07, 6.45) is 1.92. The molecule has 0 N–H and O–H groups in total. The summed E-state index contributed by atoms with van der Waals surface area (Å²) in [5.74, 6) is 0.768. The quantitative estimate of drug-likeness (QED) is 0.758. The van der Waals surface area contributed by atoms with Crippen LogP contribution in [0.1, 0.15) is 44.0 Å². The zero-order chi connectivity index (χ0) is 21.3. The third kappa shape index (κ3) is 4.35. The zero-order valence-corrected chi connectivity index (χ0v) is 18.1. The summed E-state index contributed by atoms with van der Waals surface area (Å²) in [5, 5.41) is 0.969. The zero-order valence-electron chi connectivity index (χ0n) is 18.1. The molecule has 0 aliphatic carbocycles. The Morgan fingerprint density at radius 2 is 1.57 bits per heavy atom. The third-order valence-corrected chi connectivity index (χ3v) is 5.56. The fourth-order valence-electron chi connectivity index (χ4n) is 4.02. The first-order valence-corrected chi connectivity index (χ1v) is 10.7. The van der Waals surface area contributed by atoms with Crippen LogP contribution in [0.2, 0.25) is 0 Å². The number of carbonyl (C=O) groups excluding carboxylic acids is 2. The van der Waals surface area contributed by atoms with Crippen molar-refractivity contribution in [2.45, 2.75) is 39.2 Å². The standard InChI is InChI=1S/C23H30N4O3/c1-23(2,3)30-22(29)27-14-12-26(13-15-27)21(28)18-16-17-8-4-5-9-19(17)24-20(18)25-10-6-7-11-25/h4-5,8-9,16H,6-7,10-15H2,1-3H3. The number of pyridine rings is 1. The van der Waals surface area contributed by atoms with Crippen LogP contribution in [-0.2, 0) is 4.74 Å². The lowest BCUT2D eigenvalue weighted by atomic mass is 10.1. The van der Waals surface area contributed by atoms with Crippen LogP contribution < -0.4 is 4.90 Å². The van der Waals surface area contributed by atoms with Gasteiger partial charge in [-0.15, -0.1) is 0 Å². The molecule has 2 aliphatic rings. The first-order chi connectivity index (χ1) is 14.3. The predicted octanol–water partition coefficient (Wildman–Crippen LogP) is 3.53. The monoisotopic (exact) mass is 410 g/mol. The van der Waals surface area contributed by atoms with Gasteiger partial charge in [-0.05, 0) is 45.7 Å². The minimum atomic E-state index is -0.522. The molecule has 0 atom stereocenters. The van der Waals surface area contributed by atoms with Gasteiger partial charge in [-0.1, -0.05) is 18.2 Å². The average Bonchev–Trinajstić information content (AvgIpc) is 3.26. The minimum absolute atomic E-state index is 0.0148. The van der Waals surface area contributed by atoms with E-state index in [1.54, 1.807) is 4.90 Å². The van der Waals surface area contributed by atoms with Crippen LogP contribution in [-0.4, -0.2) is 71.7 Å². The highest BCUT2D eigenvalue weighted by molar-refractivity contribution is 6.02. The summed E-state index contributed by atoms with van der Waals surface area (Å²) in [7, 11) is 0. The van der Waals surface area contributed by atoms with E-state index in [1.165, 1.54) is 0 Å². The number of hydrogen-bond acceptors (Lipinski definition) is 5. The lowest BCUT2D eigenvalue weighted by molar-refractivity contribution is 0.0141. The Morgan fingerprint density at radius 1 is 0.933 bits per heavy atom. The van der Waals surface area contributed by atoms with Gasteiger partial charge < -0.3 is 19.4 Å². The number of anilines is 1. The van der Waals surface area contributed by atoms with Crippen LogP contribution in [0.15, 0.2) is 30.3 Å². The molecule has 4 rings (SSSR count). The molecule has 2 saturated heterocycles. The second kappa shape index (κ2) is 8.13. The molecule has 1 aromatic heterocycles. The van der Waals surface area contributed by atoms with Gasteiger partial charge in [0.1, 0.15) is 11.4 Å². The molecule has 0 unspecified atom stereocenters. The van der Waals surface area contributed by atoms with E-state index in [2.05, 4.69) is 4.90 Å². The van der Waals surface area contributed by atoms with Crippen molar-refractivity contribution in [3.63, 3.8) is 0 Å². The van der Waals surface area contributed by atoms with Crippen LogP contribution in [0, 0.1) is 0 Å². The molecule has 160 valence electrons. The second-order valence-electron chi connectivity index (χ2n) is 9.01. The molecule has 0 saturated carbocycles. The van der Waals surface area contributed by atoms with Crippen molar-refractivity contribution in [1.82, 2.24) is 14.8 Å². The SMILES string of the molecule is CC(C)(C)OC(=O)N1CCN(C(=O)c2cc3ccccc3nc2N2CCCC2)CC1. The molecule has 0 radical (unpaired) electrons. The molecule has 30 heavy (non-hydrogen) atoms. The number of amides is 2. The molecule has 0 spiro atoms. The maximum absolute atomic E-state index is 13.5. The number of aromatic nitrogens is 1. The van der Waals surface area contributed by atoms with E-state index >= 15 is 0 Å². The average molecular weight is 411 g/mol. The number of para-hydroxylation sites is 1. The van der Waals surface area contributed by atoms with Crippen LogP contribution >= 0.6 is 0 Å². The van der Waals surface area contributed by atoms with Crippen molar-refractivity contribution < 1.29 is 14.3 Å². The molecular formula is C23H30N4O3. The molecule has 1 aromatic carbocycles. The van der Waals surface area contributed by atoms with Crippen molar-refractivity contribution >= 4 is 28.7 Å². The predicted molar refractivity (Wildman–Crippen MR) is 117 cm³/mol. The van der Waals surface area contributed by atoms with E-state index in [0.717, 1.165) is 42.7 Å². The van der Waals surface area contributed by atoms with E-state index < -0.39 is 5.60 Å². The fraction of sp³-hybridized carbons (Fsp3) is 0.522. The maximum Gasteiger partial charge on any atom is 0.410 e. The van der Waals surface area contributed by atoms with Gasteiger partial charge in [-0.3, -0.25) is 4.79 Å². The van der Waals surface area contributed by atoms with Gasteiger partial charge in [0.25, 0.3) is 5.91 Å². The van der Waals surface area contributed by atoms with Crippen molar-refractivity contribution in [2.24, 2.45) is 0 Å². The number of hydrogen-bond donors (Lipinski definition) is 0. The lowest BCUT2D eigenvalue weighted by Crippen LogP contribution is -2.51. The number of carbonyl (C=O) groups is 2. The highest BCUT2D eigenvalue weighted by atomic mass is 16.6. The summed E-state index contributed by atoms with van der Waals surface area (Å²) >= 11 is 0. The Labute approximate surface area is 177 Å². The molecule has 7 heteroatoms. The Bertz CT molecular complexity index is 939. The van der Waals surface area contributed by atoms with E-state index in [1.807, 2.05) is 56.0 Å². The maximum atomic E-state index is 13.5. The van der Waals surface area contributed by atoms with Crippen LogP contribution in [0.25, 0.3) is 10.9 Å². The van der Waals surface area contributed by atoms with Crippen LogP contribution in [0.4, 0.5) is 10.6 Å². The Balaban J connectivity index is 1.53. The van der Waals surface area contributed by atoms with Gasteiger partial charge in [0.15, 0.2) is 0 Å².